The first-order valence-electron chi connectivity index (χ1n) is 4.69. The highest BCUT2D eigenvalue weighted by atomic mass is 35.5. The van der Waals surface area contributed by atoms with Crippen LogP contribution < -0.4 is 10.1 Å². The molecule has 1 aliphatic heterocycles. The molecule has 2 heterocycles. The normalized spacial score (nSPS) is 20.5. The van der Waals surface area contributed by atoms with Crippen molar-refractivity contribution < 1.29 is 4.74 Å². The summed E-state index contributed by atoms with van der Waals surface area (Å²) in [6.07, 6.45) is 3.82. The SMILES string of the molecule is Cl.Clc1cc(O[C@@H]2CCCNC2)ncn1. The second-order valence-corrected chi connectivity index (χ2v) is 3.65. The van der Waals surface area contributed by atoms with E-state index in [0.29, 0.717) is 11.0 Å². The number of nitrogens with zero attached hydrogens (tertiary/aromatic N) is 2. The zero-order valence-corrected chi connectivity index (χ0v) is 9.72. The Morgan fingerprint density at radius 3 is 3.00 bits per heavy atom. The maximum absolute atomic E-state index is 5.72. The molecule has 0 aromatic carbocycles. The molecular weight excluding hydrogens is 237 g/mol. The number of rotatable bonds is 2. The van der Waals surface area contributed by atoms with E-state index in [1.165, 1.54) is 6.33 Å². The van der Waals surface area contributed by atoms with Crippen molar-refractivity contribution in [1.82, 2.24) is 15.3 Å². The molecule has 1 N–H and O–H groups in total. The lowest BCUT2D eigenvalue weighted by Gasteiger charge is -2.23. The minimum absolute atomic E-state index is 0. The molecule has 1 saturated heterocycles. The number of hydrogen-bond acceptors (Lipinski definition) is 4. The summed E-state index contributed by atoms with van der Waals surface area (Å²) in [7, 11) is 0. The van der Waals surface area contributed by atoms with Crippen LogP contribution in [0.15, 0.2) is 12.4 Å². The van der Waals surface area contributed by atoms with E-state index in [0.717, 1.165) is 25.9 Å². The third-order valence-corrected chi connectivity index (χ3v) is 2.35. The first kappa shape index (κ1) is 12.5. The second kappa shape index (κ2) is 6.10. The average molecular weight is 250 g/mol. The molecule has 1 aromatic heterocycles. The van der Waals surface area contributed by atoms with E-state index in [-0.39, 0.29) is 18.5 Å². The van der Waals surface area contributed by atoms with E-state index < -0.39 is 0 Å². The van der Waals surface area contributed by atoms with Gasteiger partial charge in [0.1, 0.15) is 17.6 Å². The average Bonchev–Trinajstić information content (AvgIpc) is 2.19. The molecule has 4 nitrogen and oxygen atoms in total. The van der Waals surface area contributed by atoms with Crippen LogP contribution in [0, 0.1) is 0 Å². The van der Waals surface area contributed by atoms with Crippen LogP contribution in [0.3, 0.4) is 0 Å². The smallest absolute Gasteiger partial charge is 0.218 e. The van der Waals surface area contributed by atoms with E-state index in [1.807, 2.05) is 0 Å². The van der Waals surface area contributed by atoms with Gasteiger partial charge in [-0.2, -0.15) is 0 Å². The van der Waals surface area contributed by atoms with Gasteiger partial charge in [0.25, 0.3) is 0 Å². The molecular formula is C9H13Cl2N3O. The van der Waals surface area contributed by atoms with Gasteiger partial charge in [-0.3, -0.25) is 0 Å². The van der Waals surface area contributed by atoms with E-state index in [2.05, 4.69) is 15.3 Å². The summed E-state index contributed by atoms with van der Waals surface area (Å²) in [4.78, 5) is 7.78. The zero-order valence-electron chi connectivity index (χ0n) is 8.15. The lowest BCUT2D eigenvalue weighted by Crippen LogP contribution is -2.37. The first-order valence-corrected chi connectivity index (χ1v) is 5.07. The molecule has 0 bridgehead atoms. The fourth-order valence-corrected chi connectivity index (χ4v) is 1.61. The summed E-state index contributed by atoms with van der Waals surface area (Å²) >= 11 is 5.72. The Kier molecular flexibility index (Phi) is 5.08. The fourth-order valence-electron chi connectivity index (χ4n) is 1.47. The summed E-state index contributed by atoms with van der Waals surface area (Å²) in [5.41, 5.74) is 0. The number of nitrogens with one attached hydrogen (secondary N) is 1. The molecule has 15 heavy (non-hydrogen) atoms. The predicted molar refractivity (Wildman–Crippen MR) is 60.8 cm³/mol. The molecule has 0 unspecified atom stereocenters. The Morgan fingerprint density at radius 1 is 1.47 bits per heavy atom. The van der Waals surface area contributed by atoms with Crippen molar-refractivity contribution in [2.45, 2.75) is 18.9 Å². The van der Waals surface area contributed by atoms with Gasteiger partial charge in [0.05, 0.1) is 0 Å². The number of halogens is 2. The van der Waals surface area contributed by atoms with Crippen LogP contribution in [0.4, 0.5) is 0 Å². The van der Waals surface area contributed by atoms with Crippen molar-refractivity contribution in [2.75, 3.05) is 13.1 Å². The Bertz CT molecular complexity index is 305. The minimum atomic E-state index is 0. The monoisotopic (exact) mass is 249 g/mol. The molecule has 1 aromatic rings. The van der Waals surface area contributed by atoms with Crippen molar-refractivity contribution in [3.8, 4) is 5.88 Å². The lowest BCUT2D eigenvalue weighted by molar-refractivity contribution is 0.160. The van der Waals surface area contributed by atoms with Gasteiger partial charge in [-0.1, -0.05) is 11.6 Å². The summed E-state index contributed by atoms with van der Waals surface area (Å²) < 4.78 is 5.64. The minimum Gasteiger partial charge on any atom is -0.473 e. The summed E-state index contributed by atoms with van der Waals surface area (Å²) in [5.74, 6) is 0.554. The van der Waals surface area contributed by atoms with Gasteiger partial charge in [-0.05, 0) is 19.4 Å². The Labute approximate surface area is 99.8 Å². The highest BCUT2D eigenvalue weighted by Crippen LogP contribution is 2.15. The highest BCUT2D eigenvalue weighted by Gasteiger charge is 2.14. The van der Waals surface area contributed by atoms with Crippen LogP contribution in [-0.2, 0) is 0 Å². The number of ether oxygens (including phenoxy) is 1. The van der Waals surface area contributed by atoms with Gasteiger partial charge in [-0.25, -0.2) is 9.97 Å². The predicted octanol–water partition coefficient (Wildman–Crippen LogP) is 1.68. The molecule has 1 aliphatic rings. The quantitative estimate of drug-likeness (QED) is 0.811. The molecule has 0 spiro atoms. The molecule has 6 heteroatoms. The van der Waals surface area contributed by atoms with E-state index in [1.54, 1.807) is 6.07 Å². The van der Waals surface area contributed by atoms with Gasteiger partial charge in [0, 0.05) is 12.6 Å². The van der Waals surface area contributed by atoms with Crippen LogP contribution >= 0.6 is 24.0 Å². The number of hydrogen-bond donors (Lipinski definition) is 1. The molecule has 1 atom stereocenters. The summed E-state index contributed by atoms with van der Waals surface area (Å²) in [6.45, 7) is 1.95. The van der Waals surface area contributed by atoms with E-state index >= 15 is 0 Å². The van der Waals surface area contributed by atoms with Crippen molar-refractivity contribution in [3.05, 3.63) is 17.5 Å². The third-order valence-electron chi connectivity index (χ3n) is 2.15. The number of piperidine rings is 1. The molecule has 84 valence electrons. The molecule has 0 saturated carbocycles. The highest BCUT2D eigenvalue weighted by molar-refractivity contribution is 6.29. The lowest BCUT2D eigenvalue weighted by atomic mass is 10.1. The molecule has 0 amide bonds. The van der Waals surface area contributed by atoms with Gasteiger partial charge < -0.3 is 10.1 Å². The van der Waals surface area contributed by atoms with Crippen LogP contribution in [0.25, 0.3) is 0 Å². The molecule has 2 rings (SSSR count). The second-order valence-electron chi connectivity index (χ2n) is 3.27. The van der Waals surface area contributed by atoms with E-state index in [4.69, 9.17) is 16.3 Å². The van der Waals surface area contributed by atoms with Gasteiger partial charge in [0.2, 0.25) is 5.88 Å². The van der Waals surface area contributed by atoms with Crippen LogP contribution in [-0.4, -0.2) is 29.2 Å². The van der Waals surface area contributed by atoms with Crippen LogP contribution in [0.2, 0.25) is 5.15 Å². The fraction of sp³-hybridized carbons (Fsp3) is 0.556. The third kappa shape index (κ3) is 3.81. The number of aromatic nitrogens is 2. The van der Waals surface area contributed by atoms with Crippen molar-refractivity contribution in [1.29, 1.82) is 0 Å². The first-order chi connectivity index (χ1) is 6.84. The summed E-state index contributed by atoms with van der Waals surface area (Å²) in [5, 5.41) is 3.68. The van der Waals surface area contributed by atoms with Gasteiger partial charge >= 0.3 is 0 Å². The maximum Gasteiger partial charge on any atom is 0.218 e. The van der Waals surface area contributed by atoms with Crippen molar-refractivity contribution in [2.24, 2.45) is 0 Å². The van der Waals surface area contributed by atoms with Crippen LogP contribution in [0.1, 0.15) is 12.8 Å². The molecule has 1 fully saturated rings. The van der Waals surface area contributed by atoms with Gasteiger partial charge in [0.15, 0.2) is 0 Å². The maximum atomic E-state index is 5.72. The Hall–Kier alpha value is -0.580. The molecule has 0 radical (unpaired) electrons. The topological polar surface area (TPSA) is 47.0 Å². The van der Waals surface area contributed by atoms with Crippen molar-refractivity contribution in [3.63, 3.8) is 0 Å². The Morgan fingerprint density at radius 2 is 2.33 bits per heavy atom. The van der Waals surface area contributed by atoms with Crippen LogP contribution in [0.5, 0.6) is 5.88 Å². The van der Waals surface area contributed by atoms with Gasteiger partial charge in [-0.15, -0.1) is 12.4 Å². The van der Waals surface area contributed by atoms with E-state index in [9.17, 15) is 0 Å². The standard InChI is InChI=1S/C9H12ClN3O.ClH/c10-8-4-9(13-6-12-8)14-7-2-1-3-11-5-7;/h4,6-7,11H,1-3,5H2;1H/t7-;/m1./s1. The summed E-state index contributed by atoms with van der Waals surface area (Å²) in [6, 6.07) is 1.64. The molecule has 0 aliphatic carbocycles. The largest absolute Gasteiger partial charge is 0.473 e. The van der Waals surface area contributed by atoms with Crippen molar-refractivity contribution >= 4 is 24.0 Å². The Balaban J connectivity index is 0.00000112. The zero-order chi connectivity index (χ0) is 9.80.